The van der Waals surface area contributed by atoms with Gasteiger partial charge < -0.3 is 9.84 Å². The summed E-state index contributed by atoms with van der Waals surface area (Å²) in [5.41, 5.74) is 3.03. The van der Waals surface area contributed by atoms with E-state index in [1.165, 1.54) is 0 Å². The molecule has 0 atom stereocenters. The zero-order chi connectivity index (χ0) is 18.6. The molecule has 27 heavy (non-hydrogen) atoms. The summed E-state index contributed by atoms with van der Waals surface area (Å²) >= 11 is 1.55. The van der Waals surface area contributed by atoms with Crippen LogP contribution in [0.15, 0.2) is 74.0 Å². The lowest BCUT2D eigenvalue weighted by atomic mass is 10.1. The first-order chi connectivity index (χ1) is 13.3. The summed E-state index contributed by atoms with van der Waals surface area (Å²) in [7, 11) is 0. The van der Waals surface area contributed by atoms with Crippen LogP contribution in [0.25, 0.3) is 0 Å². The Morgan fingerprint density at radius 2 is 2.00 bits per heavy atom. The minimum Gasteiger partial charge on any atom is -0.353 e. The fourth-order valence-corrected chi connectivity index (χ4v) is 3.76. The van der Waals surface area contributed by atoms with Gasteiger partial charge in [-0.3, -0.25) is 4.79 Å². The Morgan fingerprint density at radius 1 is 1.15 bits per heavy atom. The Labute approximate surface area is 161 Å². The van der Waals surface area contributed by atoms with Crippen molar-refractivity contribution in [3.8, 4) is 0 Å². The Bertz CT molecular complexity index is 996. The van der Waals surface area contributed by atoms with Gasteiger partial charge in [-0.25, -0.2) is 4.99 Å². The Morgan fingerprint density at radius 3 is 2.81 bits per heavy atom. The van der Waals surface area contributed by atoms with Gasteiger partial charge in [-0.2, -0.15) is 0 Å². The van der Waals surface area contributed by atoms with Crippen molar-refractivity contribution in [1.82, 2.24) is 10.5 Å². The molecule has 1 aliphatic rings. The zero-order valence-electron chi connectivity index (χ0n) is 14.9. The number of nitrogens with zero attached hydrogens (tertiary/aromatic N) is 2. The second-order valence-corrected chi connectivity index (χ2v) is 7.32. The number of aromatic nitrogens is 1. The number of rotatable bonds is 5. The first-order valence-electron chi connectivity index (χ1n) is 8.95. The number of carbonyl (C=O) groups excluding carboxylic acids is 1. The van der Waals surface area contributed by atoms with Crippen LogP contribution in [-0.2, 0) is 0 Å². The molecule has 0 unspecified atom stereocenters. The van der Waals surface area contributed by atoms with E-state index in [-0.39, 0.29) is 5.91 Å². The van der Waals surface area contributed by atoms with Gasteiger partial charge >= 0.3 is 0 Å². The van der Waals surface area contributed by atoms with E-state index in [1.54, 1.807) is 18.0 Å². The SMILES string of the molecule is CCCCNC(=O)c1ccc2c(c1)N=C(c1ccccc1)c1oncc1S2. The summed E-state index contributed by atoms with van der Waals surface area (Å²) in [5, 5.41) is 6.90. The number of carbonyl (C=O) groups is 1. The molecule has 136 valence electrons. The Hall–Kier alpha value is -2.86. The van der Waals surface area contributed by atoms with Crippen molar-refractivity contribution in [1.29, 1.82) is 0 Å². The molecule has 0 spiro atoms. The van der Waals surface area contributed by atoms with Crippen molar-refractivity contribution >= 4 is 29.1 Å². The smallest absolute Gasteiger partial charge is 0.251 e. The molecule has 1 aromatic heterocycles. The minimum atomic E-state index is -0.0738. The molecule has 0 saturated carbocycles. The molecule has 4 rings (SSSR count). The van der Waals surface area contributed by atoms with E-state index < -0.39 is 0 Å². The molecule has 6 heteroatoms. The summed E-state index contributed by atoms with van der Waals surface area (Å²) in [6.07, 6.45) is 3.72. The fourth-order valence-electron chi connectivity index (χ4n) is 2.86. The lowest BCUT2D eigenvalue weighted by Crippen LogP contribution is -2.24. The van der Waals surface area contributed by atoms with E-state index in [9.17, 15) is 4.79 Å². The first-order valence-corrected chi connectivity index (χ1v) is 9.77. The van der Waals surface area contributed by atoms with Gasteiger partial charge in [0.2, 0.25) is 0 Å². The van der Waals surface area contributed by atoms with Crippen LogP contribution in [0.2, 0.25) is 0 Å². The molecule has 0 bridgehead atoms. The van der Waals surface area contributed by atoms with Crippen LogP contribution in [0.1, 0.15) is 41.4 Å². The zero-order valence-corrected chi connectivity index (χ0v) is 15.8. The third-order valence-electron chi connectivity index (χ3n) is 4.29. The highest BCUT2D eigenvalue weighted by atomic mass is 32.2. The number of hydrogen-bond donors (Lipinski definition) is 1. The Kier molecular flexibility index (Phi) is 5.07. The second-order valence-electron chi connectivity index (χ2n) is 6.24. The highest BCUT2D eigenvalue weighted by molar-refractivity contribution is 7.99. The van der Waals surface area contributed by atoms with Crippen LogP contribution >= 0.6 is 11.8 Å². The highest BCUT2D eigenvalue weighted by Crippen LogP contribution is 2.41. The number of unbranched alkanes of at least 4 members (excludes halogenated alkanes) is 1. The van der Waals surface area contributed by atoms with Gasteiger partial charge in [0.15, 0.2) is 5.76 Å². The summed E-state index contributed by atoms with van der Waals surface area (Å²) < 4.78 is 5.50. The second kappa shape index (κ2) is 7.80. The third-order valence-corrected chi connectivity index (χ3v) is 5.37. The quantitative estimate of drug-likeness (QED) is 0.506. The van der Waals surface area contributed by atoms with Crippen molar-refractivity contribution < 1.29 is 9.32 Å². The van der Waals surface area contributed by atoms with Gasteiger partial charge in [0.1, 0.15) is 5.71 Å². The van der Waals surface area contributed by atoms with Gasteiger partial charge in [0.25, 0.3) is 5.91 Å². The number of fused-ring (bicyclic) bond motifs is 2. The molecule has 0 fully saturated rings. The molecule has 2 heterocycles. The maximum absolute atomic E-state index is 12.4. The van der Waals surface area contributed by atoms with E-state index in [2.05, 4.69) is 17.4 Å². The van der Waals surface area contributed by atoms with Crippen molar-refractivity contribution in [2.45, 2.75) is 29.6 Å². The van der Waals surface area contributed by atoms with E-state index in [0.717, 1.165) is 39.6 Å². The monoisotopic (exact) mass is 377 g/mol. The Balaban J connectivity index is 1.75. The normalized spacial score (nSPS) is 12.6. The molecule has 0 radical (unpaired) electrons. The largest absolute Gasteiger partial charge is 0.353 e. The average Bonchev–Trinajstić information content (AvgIpc) is 3.09. The molecule has 0 aliphatic carbocycles. The predicted molar refractivity (Wildman–Crippen MR) is 106 cm³/mol. The topological polar surface area (TPSA) is 67.5 Å². The molecule has 5 nitrogen and oxygen atoms in total. The molecule has 1 aliphatic heterocycles. The summed E-state index contributed by atoms with van der Waals surface area (Å²) in [6, 6.07) is 15.5. The van der Waals surface area contributed by atoms with Crippen LogP contribution in [0.3, 0.4) is 0 Å². The molecule has 1 amide bonds. The van der Waals surface area contributed by atoms with Crippen LogP contribution in [0.5, 0.6) is 0 Å². The number of benzene rings is 2. The van der Waals surface area contributed by atoms with Gasteiger partial charge in [-0.15, -0.1) is 0 Å². The van der Waals surface area contributed by atoms with E-state index >= 15 is 0 Å². The molecule has 3 aromatic rings. The minimum absolute atomic E-state index is 0.0738. The van der Waals surface area contributed by atoms with Gasteiger partial charge in [-0.1, -0.05) is 60.6 Å². The number of nitrogens with one attached hydrogen (secondary N) is 1. The maximum Gasteiger partial charge on any atom is 0.251 e. The molecule has 0 saturated heterocycles. The van der Waals surface area contributed by atoms with Crippen LogP contribution in [0.4, 0.5) is 5.69 Å². The summed E-state index contributed by atoms with van der Waals surface area (Å²) in [5.74, 6) is 0.576. The number of amides is 1. The summed E-state index contributed by atoms with van der Waals surface area (Å²) in [4.78, 5) is 19.1. The van der Waals surface area contributed by atoms with Crippen LogP contribution < -0.4 is 5.32 Å². The van der Waals surface area contributed by atoms with Gasteiger partial charge in [-0.05, 0) is 24.6 Å². The average molecular weight is 377 g/mol. The van der Waals surface area contributed by atoms with Gasteiger partial charge in [0.05, 0.1) is 16.8 Å². The summed E-state index contributed by atoms with van der Waals surface area (Å²) in [6.45, 7) is 2.78. The number of aliphatic imine (C=N–C) groups is 1. The standard InChI is InChI=1S/C21H19N3O2S/c1-2-3-11-22-21(25)15-9-10-17-16(12-15)24-19(14-7-5-4-6-8-14)20-18(27-17)13-23-26-20/h4-10,12-13H,2-3,11H2,1H3,(H,22,25). The molecular weight excluding hydrogens is 358 g/mol. The lowest BCUT2D eigenvalue weighted by Gasteiger charge is -2.08. The van der Waals surface area contributed by atoms with E-state index in [0.29, 0.717) is 17.9 Å². The molecule has 2 aromatic carbocycles. The van der Waals surface area contributed by atoms with Crippen molar-refractivity contribution in [3.05, 3.63) is 71.6 Å². The highest BCUT2D eigenvalue weighted by Gasteiger charge is 2.23. The van der Waals surface area contributed by atoms with Crippen molar-refractivity contribution in [2.75, 3.05) is 6.54 Å². The molecular formula is C21H19N3O2S. The molecule has 1 N–H and O–H groups in total. The number of hydrogen-bond acceptors (Lipinski definition) is 5. The van der Waals surface area contributed by atoms with E-state index in [4.69, 9.17) is 9.52 Å². The third kappa shape index (κ3) is 3.66. The van der Waals surface area contributed by atoms with Crippen molar-refractivity contribution in [2.24, 2.45) is 4.99 Å². The predicted octanol–water partition coefficient (Wildman–Crippen LogP) is 4.84. The first kappa shape index (κ1) is 17.5. The van der Waals surface area contributed by atoms with E-state index in [1.807, 2.05) is 48.5 Å². The van der Waals surface area contributed by atoms with Crippen LogP contribution in [0, 0.1) is 0 Å². The van der Waals surface area contributed by atoms with Crippen LogP contribution in [-0.4, -0.2) is 23.3 Å². The fraction of sp³-hybridized carbons (Fsp3) is 0.190. The maximum atomic E-state index is 12.4. The van der Waals surface area contributed by atoms with Crippen molar-refractivity contribution in [3.63, 3.8) is 0 Å². The lowest BCUT2D eigenvalue weighted by molar-refractivity contribution is 0.0953. The van der Waals surface area contributed by atoms with Gasteiger partial charge in [0, 0.05) is 22.6 Å².